The van der Waals surface area contributed by atoms with Crippen LogP contribution >= 0.6 is 0 Å². The third kappa shape index (κ3) is 6.31. The van der Waals surface area contributed by atoms with Crippen LogP contribution in [0.1, 0.15) is 47.2 Å². The van der Waals surface area contributed by atoms with Crippen molar-refractivity contribution in [2.75, 3.05) is 0 Å². The summed E-state index contributed by atoms with van der Waals surface area (Å²) in [6, 6.07) is 0. The van der Waals surface area contributed by atoms with Gasteiger partial charge in [0.05, 0.1) is 5.69 Å². The number of hydrogen-bond donors (Lipinski definition) is 0. The fraction of sp³-hybridized carbons (Fsp3) is 0.800. The van der Waals surface area contributed by atoms with Crippen LogP contribution in [0.15, 0.2) is 6.20 Å². The van der Waals surface area contributed by atoms with E-state index in [-0.39, 0.29) is 0 Å². The summed E-state index contributed by atoms with van der Waals surface area (Å²) in [5.41, 5.74) is 1.07. The van der Waals surface area contributed by atoms with Crippen molar-refractivity contribution in [2.24, 2.45) is 0 Å². The molecule has 0 aliphatic heterocycles. The van der Waals surface area contributed by atoms with Crippen LogP contribution in [0.2, 0.25) is 0 Å². The lowest BCUT2D eigenvalue weighted by Crippen LogP contribution is -1.93. The first kappa shape index (κ1) is 14.7. The maximum Gasteiger partial charge on any atom is 0.0824 e. The molecule has 13 heavy (non-hydrogen) atoms. The molecule has 1 heterocycles. The number of rotatable bonds is 2. The molecule has 3 nitrogen and oxygen atoms in total. The van der Waals surface area contributed by atoms with Gasteiger partial charge in [-0.05, 0) is 13.3 Å². The zero-order valence-electron chi connectivity index (χ0n) is 9.83. The summed E-state index contributed by atoms with van der Waals surface area (Å²) in [6.07, 6.45) is 2.94. The zero-order valence-corrected chi connectivity index (χ0v) is 9.83. The van der Waals surface area contributed by atoms with Gasteiger partial charge < -0.3 is 0 Å². The van der Waals surface area contributed by atoms with Crippen molar-refractivity contribution >= 4 is 0 Å². The van der Waals surface area contributed by atoms with Crippen molar-refractivity contribution in [2.45, 2.75) is 54.5 Å². The van der Waals surface area contributed by atoms with Crippen LogP contribution < -0.4 is 0 Å². The Morgan fingerprint density at radius 2 is 1.69 bits per heavy atom. The Hall–Kier alpha value is -0.860. The predicted molar refractivity (Wildman–Crippen MR) is 57.8 cm³/mol. The highest BCUT2D eigenvalue weighted by Crippen LogP contribution is 1.91. The summed E-state index contributed by atoms with van der Waals surface area (Å²) in [4.78, 5) is 0. The van der Waals surface area contributed by atoms with Crippen LogP contribution in [-0.4, -0.2) is 15.0 Å². The van der Waals surface area contributed by atoms with Crippen molar-refractivity contribution in [3.05, 3.63) is 11.9 Å². The molecule has 1 rings (SSSR count). The average Bonchev–Trinajstić information content (AvgIpc) is 2.71. The first-order valence-corrected chi connectivity index (χ1v) is 5.25. The topological polar surface area (TPSA) is 30.7 Å². The highest BCUT2D eigenvalue weighted by atomic mass is 15.4. The molecule has 0 aliphatic carbocycles. The highest BCUT2D eigenvalue weighted by Gasteiger charge is 1.92. The lowest BCUT2D eigenvalue weighted by Gasteiger charge is -1.86. The van der Waals surface area contributed by atoms with Crippen molar-refractivity contribution in [3.63, 3.8) is 0 Å². The number of aryl methyl sites for hydroxylation is 2. The van der Waals surface area contributed by atoms with Crippen LogP contribution in [-0.2, 0) is 13.0 Å². The Kier molecular flexibility index (Phi) is 12.6. The molecule has 1 aromatic heterocycles. The summed E-state index contributed by atoms with van der Waals surface area (Å²) in [5, 5.41) is 7.79. The molecule has 0 spiro atoms. The molecular weight excluding hydrogens is 162 g/mol. The summed E-state index contributed by atoms with van der Waals surface area (Å²) in [5.74, 6) is 0. The Morgan fingerprint density at radius 3 is 1.92 bits per heavy atom. The Labute approximate surface area is 82.2 Å². The number of hydrogen-bond acceptors (Lipinski definition) is 2. The van der Waals surface area contributed by atoms with E-state index in [1.54, 1.807) is 0 Å². The summed E-state index contributed by atoms with van der Waals surface area (Å²) in [7, 11) is 0. The van der Waals surface area contributed by atoms with Gasteiger partial charge in [-0.1, -0.05) is 39.8 Å². The average molecular weight is 185 g/mol. The van der Waals surface area contributed by atoms with E-state index >= 15 is 0 Å². The molecule has 0 amide bonds. The quantitative estimate of drug-likeness (QED) is 0.709. The van der Waals surface area contributed by atoms with E-state index in [1.165, 1.54) is 0 Å². The van der Waals surface area contributed by atoms with E-state index in [2.05, 4.69) is 17.2 Å². The molecule has 0 aromatic carbocycles. The molecule has 0 aliphatic rings. The molecule has 0 saturated heterocycles. The van der Waals surface area contributed by atoms with E-state index in [1.807, 2.05) is 45.5 Å². The smallest absolute Gasteiger partial charge is 0.0824 e. The van der Waals surface area contributed by atoms with Crippen molar-refractivity contribution in [1.82, 2.24) is 15.0 Å². The van der Waals surface area contributed by atoms with Gasteiger partial charge in [0.2, 0.25) is 0 Å². The second kappa shape index (κ2) is 11.1. The first-order chi connectivity index (χ1) is 6.36. The molecule has 0 atom stereocenters. The maximum absolute atomic E-state index is 3.92. The molecule has 0 unspecified atom stereocenters. The van der Waals surface area contributed by atoms with Gasteiger partial charge in [0.25, 0.3) is 0 Å². The summed E-state index contributed by atoms with van der Waals surface area (Å²) < 4.78 is 1.83. The second-order valence-corrected chi connectivity index (χ2v) is 1.92. The van der Waals surface area contributed by atoms with Gasteiger partial charge in [-0.25, -0.2) is 0 Å². The standard InChI is InChI=1S/C6H11N3.2C2H6/c1-3-6-5-9(4-2)8-7-6;2*1-2/h5H,3-4H2,1-2H3;2*1-2H3. The van der Waals surface area contributed by atoms with Gasteiger partial charge in [-0.2, -0.15) is 0 Å². The van der Waals surface area contributed by atoms with Gasteiger partial charge >= 0.3 is 0 Å². The first-order valence-electron chi connectivity index (χ1n) is 5.25. The van der Waals surface area contributed by atoms with Gasteiger partial charge in [-0.3, -0.25) is 4.68 Å². The van der Waals surface area contributed by atoms with Crippen molar-refractivity contribution in [3.8, 4) is 0 Å². The zero-order chi connectivity index (χ0) is 10.7. The fourth-order valence-corrected chi connectivity index (χ4v) is 0.655. The molecule has 0 radical (unpaired) electrons. The minimum Gasteiger partial charge on any atom is -0.253 e. The fourth-order valence-electron chi connectivity index (χ4n) is 0.655. The summed E-state index contributed by atoms with van der Waals surface area (Å²) >= 11 is 0. The van der Waals surface area contributed by atoms with Crippen molar-refractivity contribution < 1.29 is 0 Å². The van der Waals surface area contributed by atoms with Crippen LogP contribution in [0.3, 0.4) is 0 Å². The van der Waals surface area contributed by atoms with E-state index in [4.69, 9.17) is 0 Å². The molecule has 0 saturated carbocycles. The molecule has 0 bridgehead atoms. The van der Waals surface area contributed by atoms with E-state index in [0.717, 1.165) is 18.7 Å². The largest absolute Gasteiger partial charge is 0.253 e. The molecule has 3 heteroatoms. The van der Waals surface area contributed by atoms with E-state index < -0.39 is 0 Å². The number of aromatic nitrogens is 3. The Balaban J connectivity index is 0. The second-order valence-electron chi connectivity index (χ2n) is 1.92. The lowest BCUT2D eigenvalue weighted by molar-refractivity contribution is 0.626. The van der Waals surface area contributed by atoms with Crippen LogP contribution in [0.5, 0.6) is 0 Å². The molecule has 0 N–H and O–H groups in total. The van der Waals surface area contributed by atoms with Crippen molar-refractivity contribution in [1.29, 1.82) is 0 Å². The van der Waals surface area contributed by atoms with Crippen LogP contribution in [0.4, 0.5) is 0 Å². The number of nitrogens with zero attached hydrogens (tertiary/aromatic N) is 3. The third-order valence-corrected chi connectivity index (χ3v) is 1.27. The van der Waals surface area contributed by atoms with Gasteiger partial charge in [0.15, 0.2) is 0 Å². The third-order valence-electron chi connectivity index (χ3n) is 1.27. The van der Waals surface area contributed by atoms with Crippen LogP contribution in [0.25, 0.3) is 0 Å². The van der Waals surface area contributed by atoms with Crippen LogP contribution in [0, 0.1) is 0 Å². The monoisotopic (exact) mass is 185 g/mol. The molecule has 78 valence electrons. The molecule has 1 aromatic rings. The summed E-state index contributed by atoms with van der Waals surface area (Å²) in [6.45, 7) is 13.0. The Morgan fingerprint density at radius 1 is 1.15 bits per heavy atom. The normalized spacial score (nSPS) is 7.85. The minimum atomic E-state index is 0.910. The minimum absolute atomic E-state index is 0.910. The van der Waals surface area contributed by atoms with Gasteiger partial charge in [0.1, 0.15) is 0 Å². The van der Waals surface area contributed by atoms with E-state index in [0.29, 0.717) is 0 Å². The SMILES string of the molecule is CC.CC.CCc1cn(CC)nn1. The lowest BCUT2D eigenvalue weighted by atomic mass is 10.4. The Bertz CT molecular complexity index is 164. The predicted octanol–water partition coefficient (Wildman–Crippen LogP) is 2.91. The molecular formula is C10H23N3. The maximum atomic E-state index is 3.92. The van der Waals surface area contributed by atoms with Gasteiger partial charge in [-0.15, -0.1) is 5.10 Å². The highest BCUT2D eigenvalue weighted by molar-refractivity contribution is 4.90. The molecule has 0 fully saturated rings. The van der Waals surface area contributed by atoms with Gasteiger partial charge in [0, 0.05) is 12.7 Å². The van der Waals surface area contributed by atoms with E-state index in [9.17, 15) is 0 Å².